The van der Waals surface area contributed by atoms with Gasteiger partial charge < -0.3 is 10.1 Å². The molecule has 3 rings (SSSR count). The second-order valence-electron chi connectivity index (χ2n) is 5.60. The average Bonchev–Trinajstić information content (AvgIpc) is 3.09. The standard InChI is InChI=1S/C16H17N3O4S/c1-24(21,22)15-9-8-13(18-19-15)11-4-6-12(7-5-11)17-16(20)14-3-2-10-23-14/h4-9,14H,2-3,10H2,1H3,(H,17,20). The number of rotatable bonds is 4. The molecule has 1 aromatic heterocycles. The fraction of sp³-hybridized carbons (Fsp3) is 0.312. The maximum absolute atomic E-state index is 12.0. The van der Waals surface area contributed by atoms with Gasteiger partial charge in [-0.25, -0.2) is 8.42 Å². The number of amides is 1. The number of anilines is 1. The summed E-state index contributed by atoms with van der Waals surface area (Å²) in [6.45, 7) is 0.624. The van der Waals surface area contributed by atoms with Crippen molar-refractivity contribution >= 4 is 21.4 Å². The number of carbonyl (C=O) groups is 1. The highest BCUT2D eigenvalue weighted by atomic mass is 32.2. The zero-order chi connectivity index (χ0) is 17.2. The Kier molecular flexibility index (Phi) is 4.59. The third-order valence-electron chi connectivity index (χ3n) is 3.69. The van der Waals surface area contributed by atoms with Crippen LogP contribution in [0.3, 0.4) is 0 Å². The van der Waals surface area contributed by atoms with Crippen LogP contribution in [0.25, 0.3) is 11.3 Å². The molecule has 1 aliphatic heterocycles. The van der Waals surface area contributed by atoms with Crippen LogP contribution in [0.15, 0.2) is 41.4 Å². The number of ether oxygens (including phenoxy) is 1. The predicted octanol–water partition coefficient (Wildman–Crippen LogP) is 1.66. The van der Waals surface area contributed by atoms with E-state index in [0.29, 0.717) is 18.0 Å². The number of sulfone groups is 1. The summed E-state index contributed by atoms with van der Waals surface area (Å²) >= 11 is 0. The highest BCUT2D eigenvalue weighted by Gasteiger charge is 2.23. The van der Waals surface area contributed by atoms with E-state index in [4.69, 9.17) is 4.74 Å². The lowest BCUT2D eigenvalue weighted by Gasteiger charge is -2.10. The third-order valence-corrected chi connectivity index (χ3v) is 4.67. The molecule has 8 heteroatoms. The molecule has 126 valence electrons. The van der Waals surface area contributed by atoms with Gasteiger partial charge in [0.2, 0.25) is 0 Å². The first-order valence-electron chi connectivity index (χ1n) is 7.50. The normalized spacial score (nSPS) is 17.6. The zero-order valence-electron chi connectivity index (χ0n) is 13.1. The fourth-order valence-corrected chi connectivity index (χ4v) is 2.91. The molecule has 0 saturated carbocycles. The summed E-state index contributed by atoms with van der Waals surface area (Å²) < 4.78 is 28.1. The first-order chi connectivity index (χ1) is 11.4. The lowest BCUT2D eigenvalue weighted by molar-refractivity contribution is -0.124. The van der Waals surface area contributed by atoms with E-state index in [0.717, 1.165) is 24.7 Å². The van der Waals surface area contributed by atoms with Crippen molar-refractivity contribution in [3.8, 4) is 11.3 Å². The molecule has 1 N–H and O–H groups in total. The van der Waals surface area contributed by atoms with Gasteiger partial charge in [0.15, 0.2) is 14.9 Å². The Bertz CT molecular complexity index is 827. The highest BCUT2D eigenvalue weighted by Crippen LogP contribution is 2.21. The minimum absolute atomic E-state index is 0.0632. The van der Waals surface area contributed by atoms with Crippen molar-refractivity contribution in [1.29, 1.82) is 0 Å². The van der Waals surface area contributed by atoms with Crippen molar-refractivity contribution in [2.75, 3.05) is 18.2 Å². The van der Waals surface area contributed by atoms with Crippen LogP contribution in [0.5, 0.6) is 0 Å². The van der Waals surface area contributed by atoms with Gasteiger partial charge in [-0.1, -0.05) is 12.1 Å². The van der Waals surface area contributed by atoms with E-state index >= 15 is 0 Å². The van der Waals surface area contributed by atoms with Gasteiger partial charge in [-0.15, -0.1) is 10.2 Å². The summed E-state index contributed by atoms with van der Waals surface area (Å²) in [4.78, 5) is 12.0. The Morgan fingerprint density at radius 2 is 1.92 bits per heavy atom. The SMILES string of the molecule is CS(=O)(=O)c1ccc(-c2ccc(NC(=O)C3CCCO3)cc2)nn1. The minimum Gasteiger partial charge on any atom is -0.368 e. The molecule has 0 bridgehead atoms. The van der Waals surface area contributed by atoms with Gasteiger partial charge >= 0.3 is 0 Å². The van der Waals surface area contributed by atoms with Gasteiger partial charge in [-0.3, -0.25) is 4.79 Å². The van der Waals surface area contributed by atoms with Crippen molar-refractivity contribution in [2.45, 2.75) is 24.0 Å². The summed E-state index contributed by atoms with van der Waals surface area (Å²) in [5, 5.41) is 10.4. The van der Waals surface area contributed by atoms with Gasteiger partial charge in [0.1, 0.15) is 6.10 Å². The number of hydrogen-bond acceptors (Lipinski definition) is 6. The van der Waals surface area contributed by atoms with Crippen LogP contribution in [-0.2, 0) is 19.4 Å². The number of aromatic nitrogens is 2. The zero-order valence-corrected chi connectivity index (χ0v) is 13.9. The van der Waals surface area contributed by atoms with Crippen LogP contribution in [0.1, 0.15) is 12.8 Å². The molecule has 1 atom stereocenters. The van der Waals surface area contributed by atoms with E-state index in [-0.39, 0.29) is 17.0 Å². The molecule has 0 spiro atoms. The van der Waals surface area contributed by atoms with Crippen LogP contribution in [0.2, 0.25) is 0 Å². The van der Waals surface area contributed by atoms with Gasteiger partial charge in [-0.05, 0) is 37.1 Å². The number of hydrogen-bond donors (Lipinski definition) is 1. The molecule has 1 fully saturated rings. The van der Waals surface area contributed by atoms with Gasteiger partial charge in [0.25, 0.3) is 5.91 Å². The second-order valence-corrected chi connectivity index (χ2v) is 7.56. The lowest BCUT2D eigenvalue weighted by atomic mass is 10.1. The smallest absolute Gasteiger partial charge is 0.253 e. The maximum atomic E-state index is 12.0. The Labute approximate surface area is 140 Å². The molecule has 1 aromatic carbocycles. The predicted molar refractivity (Wildman–Crippen MR) is 88.2 cm³/mol. The average molecular weight is 347 g/mol. The summed E-state index contributed by atoms with van der Waals surface area (Å²) in [6.07, 6.45) is 2.35. The first kappa shape index (κ1) is 16.5. The van der Waals surface area contributed by atoms with Gasteiger partial charge in [-0.2, -0.15) is 0 Å². The van der Waals surface area contributed by atoms with E-state index in [1.54, 1.807) is 30.3 Å². The Hall–Kier alpha value is -2.32. The van der Waals surface area contributed by atoms with Crippen molar-refractivity contribution in [2.24, 2.45) is 0 Å². The Morgan fingerprint density at radius 1 is 1.17 bits per heavy atom. The molecule has 2 heterocycles. The maximum Gasteiger partial charge on any atom is 0.253 e. The monoisotopic (exact) mass is 347 g/mol. The number of nitrogens with zero attached hydrogens (tertiary/aromatic N) is 2. The molecule has 1 unspecified atom stereocenters. The number of nitrogens with one attached hydrogen (secondary N) is 1. The first-order valence-corrected chi connectivity index (χ1v) is 9.39. The lowest BCUT2D eigenvalue weighted by Crippen LogP contribution is -2.26. The van der Waals surface area contributed by atoms with Crippen LogP contribution in [-0.4, -0.2) is 43.5 Å². The van der Waals surface area contributed by atoms with E-state index in [1.165, 1.54) is 6.07 Å². The molecule has 1 saturated heterocycles. The van der Waals surface area contributed by atoms with Crippen molar-refractivity contribution in [3.05, 3.63) is 36.4 Å². The number of benzene rings is 1. The van der Waals surface area contributed by atoms with Crippen LogP contribution < -0.4 is 5.32 Å². The second kappa shape index (κ2) is 6.66. The fourth-order valence-electron chi connectivity index (χ4n) is 2.40. The largest absolute Gasteiger partial charge is 0.368 e. The summed E-state index contributed by atoms with van der Waals surface area (Å²) in [5.41, 5.74) is 2.00. The van der Waals surface area contributed by atoms with Crippen LogP contribution in [0, 0.1) is 0 Å². The third kappa shape index (κ3) is 3.77. The van der Waals surface area contributed by atoms with E-state index < -0.39 is 9.84 Å². The molecule has 0 radical (unpaired) electrons. The molecule has 1 amide bonds. The molecule has 0 aliphatic carbocycles. The van der Waals surface area contributed by atoms with Crippen molar-refractivity contribution < 1.29 is 17.9 Å². The van der Waals surface area contributed by atoms with Crippen molar-refractivity contribution in [1.82, 2.24) is 10.2 Å². The van der Waals surface area contributed by atoms with Gasteiger partial charge in [0, 0.05) is 24.1 Å². The van der Waals surface area contributed by atoms with Crippen LogP contribution in [0.4, 0.5) is 5.69 Å². The van der Waals surface area contributed by atoms with E-state index in [1.807, 2.05) is 0 Å². The quantitative estimate of drug-likeness (QED) is 0.903. The molecule has 24 heavy (non-hydrogen) atoms. The molecule has 1 aliphatic rings. The molecule has 2 aromatic rings. The summed E-state index contributed by atoms with van der Waals surface area (Å²) in [5.74, 6) is -0.141. The Morgan fingerprint density at radius 3 is 2.46 bits per heavy atom. The summed E-state index contributed by atoms with van der Waals surface area (Å²) in [7, 11) is -3.36. The summed E-state index contributed by atoms with van der Waals surface area (Å²) in [6, 6.07) is 10.1. The van der Waals surface area contributed by atoms with Crippen molar-refractivity contribution in [3.63, 3.8) is 0 Å². The molecule has 7 nitrogen and oxygen atoms in total. The molecular weight excluding hydrogens is 330 g/mol. The minimum atomic E-state index is -3.36. The Balaban J connectivity index is 1.71. The topological polar surface area (TPSA) is 98.2 Å². The van der Waals surface area contributed by atoms with E-state index in [9.17, 15) is 13.2 Å². The molecular formula is C16H17N3O4S. The number of carbonyl (C=O) groups excluding carboxylic acids is 1. The van der Waals surface area contributed by atoms with E-state index in [2.05, 4.69) is 15.5 Å². The van der Waals surface area contributed by atoms with Gasteiger partial charge in [0.05, 0.1) is 5.69 Å². The van der Waals surface area contributed by atoms with Crippen LogP contribution >= 0.6 is 0 Å². The highest BCUT2D eigenvalue weighted by molar-refractivity contribution is 7.90.